The number of nitrogens with zero attached hydrogens (tertiary/aromatic N) is 4. The molecule has 0 saturated carbocycles. The minimum Gasteiger partial charge on any atom is -0.478 e. The number of anilines is 3. The molecule has 10 nitrogen and oxygen atoms in total. The van der Waals surface area contributed by atoms with Crippen LogP contribution < -0.4 is 16.4 Å². The first-order valence-electron chi connectivity index (χ1n) is 8.88. The van der Waals surface area contributed by atoms with E-state index in [1.807, 2.05) is 13.0 Å². The van der Waals surface area contributed by atoms with Crippen LogP contribution in [0.4, 0.5) is 22.1 Å². The molecule has 10 heteroatoms. The monoisotopic (exact) mass is 403 g/mol. The van der Waals surface area contributed by atoms with Gasteiger partial charge in [-0.05, 0) is 42.3 Å². The molecule has 150 valence electrons. The van der Waals surface area contributed by atoms with Gasteiger partial charge in [0.25, 0.3) is 0 Å². The molecular weight excluding hydrogens is 386 g/mol. The van der Waals surface area contributed by atoms with Crippen LogP contribution in [0.5, 0.6) is 0 Å². The van der Waals surface area contributed by atoms with Crippen LogP contribution in [0.2, 0.25) is 0 Å². The zero-order valence-corrected chi connectivity index (χ0v) is 15.8. The summed E-state index contributed by atoms with van der Waals surface area (Å²) in [6, 6.07) is 9.83. The Kier molecular flexibility index (Phi) is 4.72. The quantitative estimate of drug-likeness (QED) is 0.409. The van der Waals surface area contributed by atoms with Crippen molar-refractivity contribution in [2.45, 2.75) is 6.92 Å². The minimum atomic E-state index is -1.11. The van der Waals surface area contributed by atoms with Gasteiger partial charge in [0.1, 0.15) is 17.7 Å². The molecule has 1 aromatic carbocycles. The van der Waals surface area contributed by atoms with Crippen LogP contribution in [0, 0.1) is 6.92 Å². The second-order valence-corrected chi connectivity index (χ2v) is 6.54. The molecular formula is C20H17N7O3. The van der Waals surface area contributed by atoms with Crippen molar-refractivity contribution in [2.24, 2.45) is 0 Å². The maximum absolute atomic E-state index is 12.2. The summed E-state index contributed by atoms with van der Waals surface area (Å²) in [4.78, 5) is 31.9. The minimum absolute atomic E-state index is 0.0474. The molecule has 0 aliphatic carbocycles. The lowest BCUT2D eigenvalue weighted by atomic mass is 10.0. The molecule has 2 amide bonds. The largest absolute Gasteiger partial charge is 0.478 e. The summed E-state index contributed by atoms with van der Waals surface area (Å²) < 4.78 is 1.38. The van der Waals surface area contributed by atoms with Crippen LogP contribution in [0.1, 0.15) is 15.9 Å². The molecule has 3 heterocycles. The lowest BCUT2D eigenvalue weighted by molar-refractivity contribution is 0.0697. The number of pyridine rings is 1. The number of hydrogen-bond acceptors (Lipinski definition) is 6. The Labute approximate surface area is 170 Å². The zero-order valence-electron chi connectivity index (χ0n) is 15.8. The summed E-state index contributed by atoms with van der Waals surface area (Å²) in [6.45, 7) is 1.90. The third-order valence-electron chi connectivity index (χ3n) is 4.42. The van der Waals surface area contributed by atoms with Crippen molar-refractivity contribution in [3.8, 4) is 11.1 Å². The first-order chi connectivity index (χ1) is 14.4. The van der Waals surface area contributed by atoms with E-state index in [1.54, 1.807) is 36.5 Å². The molecule has 30 heavy (non-hydrogen) atoms. The number of aryl methyl sites for hydroxylation is 1. The fourth-order valence-electron chi connectivity index (χ4n) is 3.09. The second kappa shape index (κ2) is 7.51. The molecule has 4 rings (SSSR count). The molecule has 0 saturated heterocycles. The number of rotatable bonds is 4. The number of nitrogens with two attached hydrogens (primary N) is 1. The number of benzene rings is 1. The van der Waals surface area contributed by atoms with Gasteiger partial charge in [-0.25, -0.2) is 24.1 Å². The molecule has 0 aliphatic rings. The van der Waals surface area contributed by atoms with Gasteiger partial charge in [0, 0.05) is 23.6 Å². The van der Waals surface area contributed by atoms with Gasteiger partial charge in [-0.15, -0.1) is 0 Å². The number of urea groups is 1. The molecule has 3 aromatic heterocycles. The lowest BCUT2D eigenvalue weighted by Crippen LogP contribution is -2.20. The Bertz CT molecular complexity index is 1270. The highest BCUT2D eigenvalue weighted by atomic mass is 16.4. The highest BCUT2D eigenvalue weighted by Gasteiger charge is 2.21. The molecule has 0 atom stereocenters. The van der Waals surface area contributed by atoms with E-state index in [-0.39, 0.29) is 11.4 Å². The Hall–Kier alpha value is -4.47. The predicted octanol–water partition coefficient (Wildman–Crippen LogP) is 3.02. The molecule has 0 aliphatic heterocycles. The SMILES string of the molecule is Cc1ccnc(NC(=O)Nc2ccc(-c3c(C(=O)O)cn4ncnc(N)c34)cc2)c1. The van der Waals surface area contributed by atoms with Crippen molar-refractivity contribution in [2.75, 3.05) is 16.4 Å². The standard InChI is InChI=1S/C20H17N7O3/c1-11-6-7-22-15(8-11)26-20(30)25-13-4-2-12(3-5-13)16-14(19(28)29)9-27-17(16)18(21)23-10-24-27/h2-10H,1H3,(H,28,29)(H2,21,23,24)(H2,22,25,26,30). The first-order valence-corrected chi connectivity index (χ1v) is 8.88. The molecule has 5 N–H and O–H groups in total. The fourth-order valence-corrected chi connectivity index (χ4v) is 3.09. The van der Waals surface area contributed by atoms with E-state index >= 15 is 0 Å². The molecule has 0 bridgehead atoms. The number of carboxylic acids is 1. The number of aromatic carboxylic acids is 1. The number of amides is 2. The number of carboxylic acid groups (broad SMARTS) is 1. The Morgan fingerprint density at radius 1 is 1.10 bits per heavy atom. The van der Waals surface area contributed by atoms with E-state index in [0.29, 0.717) is 28.1 Å². The van der Waals surface area contributed by atoms with Crippen LogP contribution >= 0.6 is 0 Å². The van der Waals surface area contributed by atoms with Crippen molar-refractivity contribution >= 4 is 34.8 Å². The van der Waals surface area contributed by atoms with Crippen molar-refractivity contribution in [3.63, 3.8) is 0 Å². The zero-order chi connectivity index (χ0) is 21.3. The Morgan fingerprint density at radius 3 is 2.57 bits per heavy atom. The number of nitrogen functional groups attached to an aromatic ring is 1. The maximum atomic E-state index is 12.2. The highest BCUT2D eigenvalue weighted by Crippen LogP contribution is 2.33. The van der Waals surface area contributed by atoms with Gasteiger partial charge in [-0.3, -0.25) is 5.32 Å². The predicted molar refractivity (Wildman–Crippen MR) is 111 cm³/mol. The summed E-state index contributed by atoms with van der Waals surface area (Å²) in [7, 11) is 0. The normalized spacial score (nSPS) is 10.7. The maximum Gasteiger partial charge on any atom is 0.337 e. The number of hydrogen-bond donors (Lipinski definition) is 4. The van der Waals surface area contributed by atoms with E-state index < -0.39 is 12.0 Å². The summed E-state index contributed by atoms with van der Waals surface area (Å²) in [5.41, 5.74) is 8.90. The van der Waals surface area contributed by atoms with Crippen LogP contribution in [-0.2, 0) is 0 Å². The topological polar surface area (TPSA) is 148 Å². The van der Waals surface area contributed by atoms with Crippen molar-refractivity contribution in [1.29, 1.82) is 0 Å². The second-order valence-electron chi connectivity index (χ2n) is 6.54. The van der Waals surface area contributed by atoms with Crippen LogP contribution in [-0.4, -0.2) is 36.7 Å². The van der Waals surface area contributed by atoms with Crippen molar-refractivity contribution in [3.05, 3.63) is 66.2 Å². The van der Waals surface area contributed by atoms with Gasteiger partial charge in [0.2, 0.25) is 0 Å². The number of carbonyl (C=O) groups is 2. The van der Waals surface area contributed by atoms with Gasteiger partial charge in [-0.2, -0.15) is 5.10 Å². The summed E-state index contributed by atoms with van der Waals surface area (Å²) in [5, 5.41) is 19.0. The van der Waals surface area contributed by atoms with Gasteiger partial charge < -0.3 is 16.2 Å². The number of carbonyl (C=O) groups excluding carboxylic acids is 1. The molecule has 0 radical (unpaired) electrons. The third-order valence-corrected chi connectivity index (χ3v) is 4.42. The van der Waals surface area contributed by atoms with Crippen molar-refractivity contribution < 1.29 is 14.7 Å². The molecule has 0 spiro atoms. The molecule has 0 fully saturated rings. The van der Waals surface area contributed by atoms with Gasteiger partial charge in [0.15, 0.2) is 5.82 Å². The van der Waals surface area contributed by atoms with E-state index in [9.17, 15) is 14.7 Å². The van der Waals surface area contributed by atoms with Crippen LogP contribution in [0.3, 0.4) is 0 Å². The molecule has 0 unspecified atom stereocenters. The lowest BCUT2D eigenvalue weighted by Gasteiger charge is -2.09. The average molecular weight is 403 g/mol. The van der Waals surface area contributed by atoms with Crippen LogP contribution in [0.25, 0.3) is 16.6 Å². The fraction of sp³-hybridized carbons (Fsp3) is 0.0500. The van der Waals surface area contributed by atoms with Crippen LogP contribution in [0.15, 0.2) is 55.1 Å². The Balaban J connectivity index is 1.60. The number of nitrogens with one attached hydrogen (secondary N) is 2. The van der Waals surface area contributed by atoms with E-state index in [1.165, 1.54) is 17.0 Å². The summed E-state index contributed by atoms with van der Waals surface area (Å²) in [6.07, 6.45) is 4.25. The van der Waals surface area contributed by atoms with E-state index in [4.69, 9.17) is 5.73 Å². The van der Waals surface area contributed by atoms with Crippen molar-refractivity contribution in [1.82, 2.24) is 19.6 Å². The smallest absolute Gasteiger partial charge is 0.337 e. The number of fused-ring (bicyclic) bond motifs is 1. The molecule has 4 aromatic rings. The van der Waals surface area contributed by atoms with Gasteiger partial charge in [-0.1, -0.05) is 12.1 Å². The highest BCUT2D eigenvalue weighted by molar-refractivity contribution is 6.04. The average Bonchev–Trinajstić information content (AvgIpc) is 3.10. The third kappa shape index (κ3) is 3.61. The number of aromatic nitrogens is 4. The Morgan fingerprint density at radius 2 is 1.87 bits per heavy atom. The first kappa shape index (κ1) is 18.9. The van der Waals surface area contributed by atoms with E-state index in [2.05, 4.69) is 25.7 Å². The summed E-state index contributed by atoms with van der Waals surface area (Å²) >= 11 is 0. The van der Waals surface area contributed by atoms with E-state index in [0.717, 1.165) is 5.56 Å². The summed E-state index contributed by atoms with van der Waals surface area (Å²) in [5.74, 6) is -0.507. The van der Waals surface area contributed by atoms with Gasteiger partial charge in [0.05, 0.1) is 5.56 Å². The van der Waals surface area contributed by atoms with Gasteiger partial charge >= 0.3 is 12.0 Å².